The molecule has 0 aliphatic heterocycles. The summed E-state index contributed by atoms with van der Waals surface area (Å²) in [5.74, 6) is -0.361. The molecular weight excluding hydrogens is 344 g/mol. The van der Waals surface area contributed by atoms with Crippen molar-refractivity contribution >= 4 is 51.3 Å². The van der Waals surface area contributed by atoms with E-state index in [0.717, 1.165) is 32.7 Å². The van der Waals surface area contributed by atoms with E-state index in [1.807, 2.05) is 43.5 Å². The van der Waals surface area contributed by atoms with E-state index >= 15 is 0 Å². The highest BCUT2D eigenvalue weighted by molar-refractivity contribution is 7.14. The lowest BCUT2D eigenvalue weighted by Crippen LogP contribution is -2.09. The van der Waals surface area contributed by atoms with E-state index in [9.17, 15) is 4.79 Å². The molecule has 6 heteroatoms. The highest BCUT2D eigenvalue weighted by Crippen LogP contribution is 2.34. The number of fused-ring (bicyclic) bond motifs is 1. The zero-order valence-corrected chi connectivity index (χ0v) is 15.4. The van der Waals surface area contributed by atoms with Gasteiger partial charge in [-0.05, 0) is 43.3 Å². The van der Waals surface area contributed by atoms with Crippen LogP contribution in [0, 0.1) is 13.8 Å². The lowest BCUT2D eigenvalue weighted by atomic mass is 10.1. The van der Waals surface area contributed by atoms with Crippen molar-refractivity contribution in [3.8, 4) is 0 Å². The molecule has 0 saturated carbocycles. The van der Waals surface area contributed by atoms with Crippen LogP contribution in [0.15, 0.2) is 35.8 Å². The third-order valence-corrected chi connectivity index (χ3v) is 4.63. The first kappa shape index (κ1) is 18.2. The van der Waals surface area contributed by atoms with Crippen LogP contribution in [0.4, 0.5) is 10.7 Å². The van der Waals surface area contributed by atoms with Crippen molar-refractivity contribution in [2.24, 2.45) is 0 Å². The summed E-state index contributed by atoms with van der Waals surface area (Å²) in [5, 5.41) is 7.37. The van der Waals surface area contributed by atoms with Gasteiger partial charge in [0.25, 0.3) is 0 Å². The maximum Gasteiger partial charge on any atom is 0.341 e. The molecule has 0 saturated heterocycles. The van der Waals surface area contributed by atoms with Crippen molar-refractivity contribution in [3.05, 3.63) is 52.5 Å². The smallest absolute Gasteiger partial charge is 0.341 e. The van der Waals surface area contributed by atoms with Gasteiger partial charge in [-0.25, -0.2) is 4.79 Å². The summed E-state index contributed by atoms with van der Waals surface area (Å²) in [5.41, 5.74) is 4.31. The number of halogens is 1. The molecule has 2 heterocycles. The van der Waals surface area contributed by atoms with Gasteiger partial charge in [0.15, 0.2) is 0 Å². The first-order valence-corrected chi connectivity index (χ1v) is 8.36. The van der Waals surface area contributed by atoms with Crippen LogP contribution in [0.25, 0.3) is 10.9 Å². The van der Waals surface area contributed by atoms with Gasteiger partial charge in [-0.2, -0.15) is 0 Å². The molecule has 0 aliphatic rings. The molecule has 0 unspecified atom stereocenters. The predicted molar refractivity (Wildman–Crippen MR) is 102 cm³/mol. The van der Waals surface area contributed by atoms with Crippen LogP contribution in [0.2, 0.25) is 0 Å². The number of aryl methyl sites for hydroxylation is 2. The number of para-hydroxylation sites is 1. The largest absolute Gasteiger partial charge is 0.462 e. The summed E-state index contributed by atoms with van der Waals surface area (Å²) < 4.78 is 5.18. The molecule has 0 fully saturated rings. The number of rotatable bonds is 4. The van der Waals surface area contributed by atoms with Gasteiger partial charge in [-0.3, -0.25) is 4.98 Å². The lowest BCUT2D eigenvalue weighted by Gasteiger charge is -2.14. The van der Waals surface area contributed by atoms with E-state index in [1.165, 1.54) is 0 Å². The number of nitrogens with one attached hydrogen (secondary N) is 1. The Morgan fingerprint density at radius 1 is 1.25 bits per heavy atom. The number of pyridine rings is 1. The Morgan fingerprint density at radius 2 is 2.04 bits per heavy atom. The molecule has 126 valence electrons. The van der Waals surface area contributed by atoms with Crippen molar-refractivity contribution in [1.29, 1.82) is 0 Å². The molecule has 4 nitrogen and oxygen atoms in total. The monoisotopic (exact) mass is 362 g/mol. The van der Waals surface area contributed by atoms with Gasteiger partial charge in [0.1, 0.15) is 5.56 Å². The third-order valence-electron chi connectivity index (χ3n) is 3.70. The number of aromatic nitrogens is 1. The fourth-order valence-electron chi connectivity index (χ4n) is 2.48. The van der Waals surface area contributed by atoms with Gasteiger partial charge in [0, 0.05) is 11.6 Å². The molecule has 0 aliphatic carbocycles. The fraction of sp³-hybridized carbons (Fsp3) is 0.222. The standard InChI is InChI=1S/C18H18N2O2S.ClH/c1-4-22-18(21)14-10-19-15-11(2)6-5-7-13(15)16(14)20-17-12(3)8-9-23-17;/h5-10H,4H2,1-3H3,(H,19,20);1H. The minimum Gasteiger partial charge on any atom is -0.462 e. The normalized spacial score (nSPS) is 10.3. The molecule has 3 rings (SSSR count). The van der Waals surface area contributed by atoms with E-state index in [1.54, 1.807) is 24.5 Å². The van der Waals surface area contributed by atoms with Crippen LogP contribution in [0.5, 0.6) is 0 Å². The SMILES string of the molecule is CCOC(=O)c1cnc2c(C)cccc2c1Nc1sccc1C.Cl. The Balaban J connectivity index is 0.00000208. The van der Waals surface area contributed by atoms with E-state index in [0.29, 0.717) is 12.2 Å². The number of ether oxygens (including phenoxy) is 1. The number of benzene rings is 1. The molecule has 24 heavy (non-hydrogen) atoms. The van der Waals surface area contributed by atoms with Crippen molar-refractivity contribution in [3.63, 3.8) is 0 Å². The zero-order chi connectivity index (χ0) is 16.4. The summed E-state index contributed by atoms with van der Waals surface area (Å²) in [6.45, 7) is 6.19. The quantitative estimate of drug-likeness (QED) is 0.643. The molecule has 0 spiro atoms. The van der Waals surface area contributed by atoms with Gasteiger partial charge in [-0.1, -0.05) is 18.2 Å². The van der Waals surface area contributed by atoms with E-state index in [-0.39, 0.29) is 18.4 Å². The zero-order valence-electron chi connectivity index (χ0n) is 13.8. The predicted octanol–water partition coefficient (Wildman–Crippen LogP) is 5.26. The van der Waals surface area contributed by atoms with E-state index < -0.39 is 0 Å². The van der Waals surface area contributed by atoms with Gasteiger partial charge < -0.3 is 10.1 Å². The molecule has 0 atom stereocenters. The Hall–Kier alpha value is -2.11. The topological polar surface area (TPSA) is 51.2 Å². The first-order chi connectivity index (χ1) is 11.1. The average Bonchev–Trinajstić information content (AvgIpc) is 2.93. The maximum atomic E-state index is 12.3. The summed E-state index contributed by atoms with van der Waals surface area (Å²) in [6.07, 6.45) is 1.60. The van der Waals surface area contributed by atoms with Gasteiger partial charge in [0.05, 0.1) is 22.8 Å². The number of anilines is 2. The van der Waals surface area contributed by atoms with Crippen molar-refractivity contribution < 1.29 is 9.53 Å². The average molecular weight is 363 g/mol. The third kappa shape index (κ3) is 3.37. The number of esters is 1. The van der Waals surface area contributed by atoms with Crippen molar-refractivity contribution in [2.45, 2.75) is 20.8 Å². The second-order valence-corrected chi connectivity index (χ2v) is 6.21. The van der Waals surface area contributed by atoms with Crippen LogP contribution < -0.4 is 5.32 Å². The number of hydrogen-bond donors (Lipinski definition) is 1. The van der Waals surface area contributed by atoms with Crippen molar-refractivity contribution in [2.75, 3.05) is 11.9 Å². The Morgan fingerprint density at radius 3 is 2.71 bits per heavy atom. The highest BCUT2D eigenvalue weighted by atomic mass is 35.5. The second kappa shape index (κ2) is 7.64. The van der Waals surface area contributed by atoms with E-state index in [2.05, 4.69) is 10.3 Å². The molecule has 1 N–H and O–H groups in total. The molecule has 3 aromatic rings. The van der Waals surface area contributed by atoms with Gasteiger partial charge >= 0.3 is 5.97 Å². The van der Waals surface area contributed by atoms with Crippen LogP contribution in [0.1, 0.15) is 28.4 Å². The summed E-state index contributed by atoms with van der Waals surface area (Å²) in [6, 6.07) is 8.01. The van der Waals surface area contributed by atoms with Crippen LogP contribution in [-0.4, -0.2) is 17.6 Å². The first-order valence-electron chi connectivity index (χ1n) is 7.48. The molecule has 1 aromatic carbocycles. The number of thiophene rings is 1. The molecule has 0 amide bonds. The van der Waals surface area contributed by atoms with Crippen LogP contribution in [0.3, 0.4) is 0 Å². The maximum absolute atomic E-state index is 12.3. The lowest BCUT2D eigenvalue weighted by molar-refractivity contribution is 0.0527. The van der Waals surface area contributed by atoms with Gasteiger partial charge in [-0.15, -0.1) is 23.7 Å². The molecule has 0 radical (unpaired) electrons. The summed E-state index contributed by atoms with van der Waals surface area (Å²) in [7, 11) is 0. The van der Waals surface area contributed by atoms with Crippen LogP contribution in [-0.2, 0) is 4.74 Å². The summed E-state index contributed by atoms with van der Waals surface area (Å²) >= 11 is 1.61. The fourth-order valence-corrected chi connectivity index (χ4v) is 3.31. The molecular formula is C18H19ClN2O2S. The van der Waals surface area contributed by atoms with Crippen LogP contribution >= 0.6 is 23.7 Å². The number of carbonyl (C=O) groups is 1. The van der Waals surface area contributed by atoms with E-state index in [4.69, 9.17) is 4.74 Å². The second-order valence-electron chi connectivity index (χ2n) is 5.30. The number of nitrogens with zero attached hydrogens (tertiary/aromatic N) is 1. The number of carbonyl (C=O) groups excluding carboxylic acids is 1. The van der Waals surface area contributed by atoms with Gasteiger partial charge in [0.2, 0.25) is 0 Å². The van der Waals surface area contributed by atoms with Crippen molar-refractivity contribution in [1.82, 2.24) is 4.98 Å². The molecule has 0 bridgehead atoms. The Kier molecular flexibility index (Phi) is 5.80. The number of hydrogen-bond acceptors (Lipinski definition) is 5. The highest BCUT2D eigenvalue weighted by Gasteiger charge is 2.18. The minimum absolute atomic E-state index is 0. The minimum atomic E-state index is -0.361. The molecule has 2 aromatic heterocycles. The Labute approximate surface area is 151 Å². The Bertz CT molecular complexity index is 877. The summed E-state index contributed by atoms with van der Waals surface area (Å²) in [4.78, 5) is 16.8.